The van der Waals surface area contributed by atoms with Crippen LogP contribution in [0.4, 0.5) is 0 Å². The molecule has 2 heterocycles. The van der Waals surface area contributed by atoms with Gasteiger partial charge in [0.15, 0.2) is 0 Å². The highest BCUT2D eigenvalue weighted by atomic mass is 32.2. The number of hydrogen-bond acceptors (Lipinski definition) is 7. The summed E-state index contributed by atoms with van der Waals surface area (Å²) >= 11 is 6.72. The molecule has 0 atom stereocenters. The molecule has 0 saturated carbocycles. The van der Waals surface area contributed by atoms with Crippen molar-refractivity contribution in [3.05, 3.63) is 71.3 Å². The number of hydrogen-bond donors (Lipinski definition) is 1. The van der Waals surface area contributed by atoms with E-state index < -0.39 is 16.0 Å². The highest BCUT2D eigenvalue weighted by molar-refractivity contribution is 8.26. The zero-order valence-corrected chi connectivity index (χ0v) is 26.8. The fourth-order valence-electron chi connectivity index (χ4n) is 4.79. The molecule has 9 nitrogen and oxygen atoms in total. The lowest BCUT2D eigenvalue weighted by molar-refractivity contribution is -0.137. The average molecular weight is 641 g/mol. The first-order valence-corrected chi connectivity index (χ1v) is 17.0. The SMILES string of the molecule is CCCN(CCC)S(=O)(=O)c1cccc(-c2nn(-c3ccccc3)cc2/C=C2\SC(=S)N(CCCCCC(=O)O)C2=O)c1. The number of benzene rings is 2. The first kappa shape index (κ1) is 32.6. The van der Waals surface area contributed by atoms with Gasteiger partial charge in [0.2, 0.25) is 10.0 Å². The van der Waals surface area contributed by atoms with E-state index in [1.807, 2.05) is 56.4 Å². The van der Waals surface area contributed by atoms with Crippen molar-refractivity contribution in [2.24, 2.45) is 0 Å². The van der Waals surface area contributed by atoms with Crippen LogP contribution >= 0.6 is 24.0 Å². The van der Waals surface area contributed by atoms with E-state index in [-0.39, 0.29) is 17.2 Å². The second-order valence-corrected chi connectivity index (χ2v) is 13.8. The third-order valence-electron chi connectivity index (χ3n) is 6.89. The zero-order chi connectivity index (χ0) is 31.0. The summed E-state index contributed by atoms with van der Waals surface area (Å²) in [5, 5.41) is 13.7. The first-order chi connectivity index (χ1) is 20.6. The van der Waals surface area contributed by atoms with E-state index in [1.165, 1.54) is 16.1 Å². The molecule has 43 heavy (non-hydrogen) atoms. The summed E-state index contributed by atoms with van der Waals surface area (Å²) in [6, 6.07) is 16.3. The van der Waals surface area contributed by atoms with Crippen LogP contribution in [-0.4, -0.2) is 68.3 Å². The average Bonchev–Trinajstić information content (AvgIpc) is 3.53. The van der Waals surface area contributed by atoms with Gasteiger partial charge in [0, 0.05) is 43.4 Å². The normalized spacial score (nSPS) is 14.8. The molecule has 1 aliphatic heterocycles. The highest BCUT2D eigenvalue weighted by Crippen LogP contribution is 2.35. The lowest BCUT2D eigenvalue weighted by Gasteiger charge is -2.21. The van der Waals surface area contributed by atoms with Crippen LogP contribution in [0.3, 0.4) is 0 Å². The van der Waals surface area contributed by atoms with Gasteiger partial charge < -0.3 is 5.11 Å². The van der Waals surface area contributed by atoms with Crippen LogP contribution in [-0.2, 0) is 19.6 Å². The minimum atomic E-state index is -3.71. The number of nitrogens with zero attached hydrogens (tertiary/aromatic N) is 4. The molecule has 4 rings (SSSR count). The number of thioether (sulfide) groups is 1. The molecule has 228 valence electrons. The summed E-state index contributed by atoms with van der Waals surface area (Å²) in [5.74, 6) is -1.04. The number of carbonyl (C=O) groups is 2. The maximum absolute atomic E-state index is 13.6. The fourth-order valence-corrected chi connectivity index (χ4v) is 7.76. The third-order valence-corrected chi connectivity index (χ3v) is 10.2. The van der Waals surface area contributed by atoms with Gasteiger partial charge in [-0.25, -0.2) is 13.1 Å². The number of rotatable bonds is 15. The number of unbranched alkanes of at least 4 members (excludes halogenated alkanes) is 2. The molecule has 0 bridgehead atoms. The molecule has 0 radical (unpaired) electrons. The van der Waals surface area contributed by atoms with Gasteiger partial charge in [0.25, 0.3) is 5.91 Å². The van der Waals surface area contributed by atoms with Gasteiger partial charge in [-0.15, -0.1) is 0 Å². The molecule has 12 heteroatoms. The smallest absolute Gasteiger partial charge is 0.303 e. The molecular weight excluding hydrogens is 605 g/mol. The van der Waals surface area contributed by atoms with Gasteiger partial charge in [-0.05, 0) is 56.0 Å². The summed E-state index contributed by atoms with van der Waals surface area (Å²) in [4.78, 5) is 26.3. The van der Waals surface area contributed by atoms with Crippen molar-refractivity contribution in [1.29, 1.82) is 0 Å². The van der Waals surface area contributed by atoms with Crippen molar-refractivity contribution < 1.29 is 23.1 Å². The van der Waals surface area contributed by atoms with E-state index >= 15 is 0 Å². The Morgan fingerprint density at radius 2 is 1.77 bits per heavy atom. The van der Waals surface area contributed by atoms with Crippen LogP contribution in [0.25, 0.3) is 23.0 Å². The largest absolute Gasteiger partial charge is 0.481 e. The monoisotopic (exact) mass is 640 g/mol. The number of carboxylic acid groups (broad SMARTS) is 1. The molecule has 1 aliphatic rings. The Hall–Kier alpha value is -3.32. The fraction of sp³-hybridized carbons (Fsp3) is 0.355. The van der Waals surface area contributed by atoms with Crippen LogP contribution in [0.2, 0.25) is 0 Å². The van der Waals surface area contributed by atoms with Crippen LogP contribution in [0.5, 0.6) is 0 Å². The van der Waals surface area contributed by atoms with Gasteiger partial charge in [-0.3, -0.25) is 14.5 Å². The topological polar surface area (TPSA) is 113 Å². The number of sulfonamides is 1. The molecule has 1 N–H and O–H groups in total. The number of para-hydroxylation sites is 1. The van der Waals surface area contributed by atoms with Crippen molar-refractivity contribution in [2.75, 3.05) is 19.6 Å². The van der Waals surface area contributed by atoms with Gasteiger partial charge in [-0.1, -0.05) is 74.6 Å². The maximum atomic E-state index is 13.6. The van der Waals surface area contributed by atoms with Gasteiger partial charge in [-0.2, -0.15) is 9.40 Å². The van der Waals surface area contributed by atoms with Crippen molar-refractivity contribution in [3.63, 3.8) is 0 Å². The number of thiocarbonyl (C=S) groups is 1. The van der Waals surface area contributed by atoms with E-state index in [0.29, 0.717) is 77.8 Å². The molecule has 3 aromatic rings. The molecule has 0 unspecified atom stereocenters. The molecular formula is C31H36N4O5S3. The third kappa shape index (κ3) is 7.99. The number of carbonyl (C=O) groups excluding carboxylic acids is 1. The highest BCUT2D eigenvalue weighted by Gasteiger charge is 2.32. The summed E-state index contributed by atoms with van der Waals surface area (Å²) in [5.41, 5.74) is 2.62. The predicted molar refractivity (Wildman–Crippen MR) is 174 cm³/mol. The minimum Gasteiger partial charge on any atom is -0.481 e. The predicted octanol–water partition coefficient (Wildman–Crippen LogP) is 6.20. The van der Waals surface area contributed by atoms with E-state index in [9.17, 15) is 18.0 Å². The van der Waals surface area contributed by atoms with E-state index in [2.05, 4.69) is 0 Å². The van der Waals surface area contributed by atoms with Crippen LogP contribution < -0.4 is 0 Å². The summed E-state index contributed by atoms with van der Waals surface area (Å²) in [6.07, 6.45) is 6.99. The lowest BCUT2D eigenvalue weighted by Crippen LogP contribution is -2.32. The maximum Gasteiger partial charge on any atom is 0.303 e. The van der Waals surface area contributed by atoms with Gasteiger partial charge in [0.1, 0.15) is 10.0 Å². The van der Waals surface area contributed by atoms with Crippen molar-refractivity contribution >= 4 is 56.3 Å². The Labute approximate surface area is 262 Å². The van der Waals surface area contributed by atoms with E-state index in [4.69, 9.17) is 22.4 Å². The van der Waals surface area contributed by atoms with Crippen molar-refractivity contribution in [2.45, 2.75) is 57.3 Å². The second-order valence-electron chi connectivity index (χ2n) is 10.2. The molecule has 1 saturated heterocycles. The molecule has 1 fully saturated rings. The van der Waals surface area contributed by atoms with Gasteiger partial charge >= 0.3 is 5.97 Å². The zero-order valence-electron chi connectivity index (χ0n) is 24.3. The number of carboxylic acids is 1. The van der Waals surface area contributed by atoms with Crippen LogP contribution in [0, 0.1) is 0 Å². The Morgan fingerprint density at radius 3 is 2.44 bits per heavy atom. The molecule has 2 aromatic carbocycles. The Balaban J connectivity index is 1.69. The van der Waals surface area contributed by atoms with Crippen LogP contribution in [0.15, 0.2) is 70.6 Å². The standard InChI is InChI=1S/C31H36N4O5S3/c1-3-17-33(18-4-2)43(39,40)26-15-11-12-23(20-26)29-24(22-35(32-29)25-13-7-5-8-14-25)21-27-30(38)34(31(41)42-27)19-10-6-9-16-28(36)37/h5,7-8,11-15,20-22H,3-4,6,9-10,16-19H2,1-2H3,(H,36,37)/b27-21-. The second kappa shape index (κ2) is 14.9. The van der Waals surface area contributed by atoms with Crippen LogP contribution in [0.1, 0.15) is 57.9 Å². The summed E-state index contributed by atoms with van der Waals surface area (Å²) in [7, 11) is -3.71. The van der Waals surface area contributed by atoms with Crippen molar-refractivity contribution in [1.82, 2.24) is 19.0 Å². The number of aromatic nitrogens is 2. The van der Waals surface area contributed by atoms with E-state index in [1.54, 1.807) is 33.9 Å². The number of aliphatic carboxylic acids is 1. The Morgan fingerprint density at radius 1 is 1.05 bits per heavy atom. The summed E-state index contributed by atoms with van der Waals surface area (Å²) in [6.45, 7) is 5.22. The molecule has 1 amide bonds. The Kier molecular flexibility index (Phi) is 11.3. The van der Waals surface area contributed by atoms with E-state index in [0.717, 1.165) is 5.69 Å². The minimum absolute atomic E-state index is 0.101. The first-order valence-electron chi connectivity index (χ1n) is 14.4. The lowest BCUT2D eigenvalue weighted by atomic mass is 10.1. The molecule has 1 aromatic heterocycles. The number of amides is 1. The summed E-state index contributed by atoms with van der Waals surface area (Å²) < 4.78 is 30.8. The molecule has 0 aliphatic carbocycles. The van der Waals surface area contributed by atoms with Crippen molar-refractivity contribution in [3.8, 4) is 16.9 Å². The Bertz CT molecular complexity index is 1600. The molecule has 0 spiro atoms. The quantitative estimate of drug-likeness (QED) is 0.119. The van der Waals surface area contributed by atoms with Gasteiger partial charge in [0.05, 0.1) is 15.5 Å².